The highest BCUT2D eigenvalue weighted by Crippen LogP contribution is 2.37. The second kappa shape index (κ2) is 6.18. The number of hydrogen-bond acceptors (Lipinski definition) is 2. The number of thiophene rings is 1. The van der Waals surface area contributed by atoms with Crippen LogP contribution in [-0.4, -0.2) is 7.05 Å². The fourth-order valence-electron chi connectivity index (χ4n) is 2.10. The molecule has 0 saturated heterocycles. The van der Waals surface area contributed by atoms with Crippen molar-refractivity contribution < 1.29 is 0 Å². The Morgan fingerprint density at radius 1 is 1.20 bits per heavy atom. The van der Waals surface area contributed by atoms with E-state index in [4.69, 9.17) is 11.6 Å². The van der Waals surface area contributed by atoms with Crippen LogP contribution < -0.4 is 5.32 Å². The van der Waals surface area contributed by atoms with Crippen LogP contribution >= 0.6 is 38.9 Å². The van der Waals surface area contributed by atoms with E-state index in [1.165, 1.54) is 15.3 Å². The summed E-state index contributed by atoms with van der Waals surface area (Å²) < 4.78 is 1.08. The lowest BCUT2D eigenvalue weighted by Crippen LogP contribution is -2.17. The predicted molar refractivity (Wildman–Crippen MR) is 93.1 cm³/mol. The summed E-state index contributed by atoms with van der Waals surface area (Å²) in [7, 11) is 1.98. The topological polar surface area (TPSA) is 12.0 Å². The summed E-state index contributed by atoms with van der Waals surface area (Å²) in [6.45, 7) is 6.73. The molecule has 0 aliphatic rings. The summed E-state index contributed by atoms with van der Waals surface area (Å²) in [5, 5.41) is 4.15. The van der Waals surface area contributed by atoms with Crippen LogP contribution in [0.2, 0.25) is 5.02 Å². The quantitative estimate of drug-likeness (QED) is 0.721. The van der Waals surface area contributed by atoms with E-state index in [0.29, 0.717) is 0 Å². The Kier molecular flexibility index (Phi) is 4.96. The van der Waals surface area contributed by atoms with E-state index in [2.05, 4.69) is 54.2 Å². The summed E-state index contributed by atoms with van der Waals surface area (Å²) in [6.07, 6.45) is 0. The molecule has 108 valence electrons. The molecule has 1 aromatic heterocycles. The van der Waals surface area contributed by atoms with Crippen LogP contribution in [0.3, 0.4) is 0 Å². The molecule has 2 rings (SSSR count). The lowest BCUT2D eigenvalue weighted by Gasteiger charge is -2.18. The van der Waals surface area contributed by atoms with Crippen molar-refractivity contribution in [3.05, 3.63) is 55.1 Å². The van der Waals surface area contributed by atoms with Gasteiger partial charge in [0.05, 0.1) is 6.04 Å². The first-order valence-corrected chi connectivity index (χ1v) is 8.54. The van der Waals surface area contributed by atoms with Crippen molar-refractivity contribution in [2.75, 3.05) is 7.05 Å². The summed E-state index contributed by atoms with van der Waals surface area (Å²) in [6, 6.07) is 10.5. The highest BCUT2D eigenvalue weighted by Gasteiger charge is 2.21. The van der Waals surface area contributed by atoms with E-state index in [1.54, 1.807) is 0 Å². The first kappa shape index (κ1) is 16.0. The Hall–Kier alpha value is -0.350. The molecule has 0 bridgehead atoms. The summed E-state index contributed by atoms with van der Waals surface area (Å²) in [5.74, 6) is 0. The first-order valence-electron chi connectivity index (χ1n) is 6.55. The molecule has 4 heteroatoms. The van der Waals surface area contributed by atoms with Gasteiger partial charge in [-0.15, -0.1) is 11.3 Å². The van der Waals surface area contributed by atoms with Gasteiger partial charge in [0.1, 0.15) is 0 Å². The van der Waals surface area contributed by atoms with Gasteiger partial charge < -0.3 is 5.32 Å². The fourth-order valence-corrected chi connectivity index (χ4v) is 3.95. The maximum Gasteiger partial charge on any atom is 0.0680 e. The van der Waals surface area contributed by atoms with Gasteiger partial charge in [0.2, 0.25) is 0 Å². The van der Waals surface area contributed by atoms with Crippen molar-refractivity contribution in [1.29, 1.82) is 0 Å². The number of hydrogen-bond donors (Lipinski definition) is 1. The molecule has 0 fully saturated rings. The molecule has 0 spiro atoms. The largest absolute Gasteiger partial charge is 0.309 e. The van der Waals surface area contributed by atoms with Crippen molar-refractivity contribution >= 4 is 38.9 Å². The third-order valence-corrected chi connectivity index (χ3v) is 5.74. The van der Waals surface area contributed by atoms with Gasteiger partial charge >= 0.3 is 0 Å². The van der Waals surface area contributed by atoms with E-state index in [9.17, 15) is 0 Å². The minimum atomic E-state index is 0.157. The number of benzene rings is 1. The molecule has 0 aliphatic heterocycles. The van der Waals surface area contributed by atoms with Crippen molar-refractivity contribution in [1.82, 2.24) is 5.32 Å². The molecule has 0 radical (unpaired) electrons. The molecule has 1 unspecified atom stereocenters. The maximum absolute atomic E-state index is 6.14. The van der Waals surface area contributed by atoms with Crippen LogP contribution in [0.15, 0.2) is 34.8 Å². The Bertz CT molecular complexity index is 601. The van der Waals surface area contributed by atoms with Gasteiger partial charge in [-0.1, -0.05) is 48.3 Å². The van der Waals surface area contributed by atoms with Gasteiger partial charge in [-0.05, 0) is 48.4 Å². The molecule has 0 amide bonds. The second-order valence-electron chi connectivity index (χ2n) is 5.84. The Morgan fingerprint density at radius 3 is 2.45 bits per heavy atom. The average molecular weight is 373 g/mol. The second-order valence-corrected chi connectivity index (χ2v) is 8.25. The average Bonchev–Trinajstić information content (AvgIpc) is 2.84. The molecule has 1 atom stereocenters. The van der Waals surface area contributed by atoms with Crippen LogP contribution in [0.5, 0.6) is 0 Å². The van der Waals surface area contributed by atoms with Crippen molar-refractivity contribution in [3.63, 3.8) is 0 Å². The van der Waals surface area contributed by atoms with Gasteiger partial charge in [-0.3, -0.25) is 0 Å². The standard InChI is InChI=1S/C16H19BrClNS/c1-16(2,3)14-8-7-13(20-14)15(19-4)11-9-10(18)5-6-12(11)17/h5-9,15,19H,1-4H3. The molecule has 1 nitrogen and oxygen atoms in total. The van der Waals surface area contributed by atoms with Gasteiger partial charge in [-0.25, -0.2) is 0 Å². The zero-order valence-electron chi connectivity index (χ0n) is 12.1. The Morgan fingerprint density at radius 2 is 1.90 bits per heavy atom. The minimum absolute atomic E-state index is 0.157. The normalized spacial score (nSPS) is 13.5. The van der Waals surface area contributed by atoms with Crippen LogP contribution in [0, 0.1) is 0 Å². The highest BCUT2D eigenvalue weighted by molar-refractivity contribution is 9.10. The van der Waals surface area contributed by atoms with Crippen molar-refractivity contribution in [2.24, 2.45) is 0 Å². The SMILES string of the molecule is CNC(c1ccc(C(C)(C)C)s1)c1cc(Cl)ccc1Br. The smallest absolute Gasteiger partial charge is 0.0680 e. The number of nitrogens with one attached hydrogen (secondary N) is 1. The Labute approximate surface area is 138 Å². The van der Waals surface area contributed by atoms with E-state index < -0.39 is 0 Å². The molecule has 0 saturated carbocycles. The van der Waals surface area contributed by atoms with Crippen molar-refractivity contribution in [2.45, 2.75) is 32.2 Å². The fraction of sp³-hybridized carbons (Fsp3) is 0.375. The minimum Gasteiger partial charge on any atom is -0.309 e. The molecular formula is C16H19BrClNS. The van der Waals surface area contributed by atoms with Crippen LogP contribution in [0.4, 0.5) is 0 Å². The van der Waals surface area contributed by atoms with Gasteiger partial charge in [-0.2, -0.15) is 0 Å². The number of rotatable bonds is 3. The van der Waals surface area contributed by atoms with Crippen molar-refractivity contribution in [3.8, 4) is 0 Å². The third-order valence-electron chi connectivity index (χ3n) is 3.21. The monoisotopic (exact) mass is 371 g/mol. The third kappa shape index (κ3) is 3.45. The highest BCUT2D eigenvalue weighted by atomic mass is 79.9. The van der Waals surface area contributed by atoms with Gasteiger partial charge in [0.25, 0.3) is 0 Å². The molecule has 1 N–H and O–H groups in total. The van der Waals surface area contributed by atoms with E-state index in [0.717, 1.165) is 9.50 Å². The maximum atomic E-state index is 6.14. The Balaban J connectivity index is 2.42. The van der Waals surface area contributed by atoms with Crippen LogP contribution in [0.25, 0.3) is 0 Å². The van der Waals surface area contributed by atoms with Crippen LogP contribution in [-0.2, 0) is 5.41 Å². The molecule has 1 heterocycles. The van der Waals surface area contributed by atoms with Gasteiger partial charge in [0.15, 0.2) is 0 Å². The molecule has 2 aromatic rings. The van der Waals surface area contributed by atoms with E-state index in [1.807, 2.05) is 36.6 Å². The lowest BCUT2D eigenvalue weighted by molar-refractivity contribution is 0.604. The molecule has 20 heavy (non-hydrogen) atoms. The van der Waals surface area contributed by atoms with E-state index >= 15 is 0 Å². The first-order chi connectivity index (χ1) is 9.32. The van der Waals surface area contributed by atoms with Crippen LogP contribution in [0.1, 0.15) is 42.1 Å². The van der Waals surface area contributed by atoms with E-state index in [-0.39, 0.29) is 11.5 Å². The zero-order valence-corrected chi connectivity index (χ0v) is 15.3. The summed E-state index contributed by atoms with van der Waals surface area (Å²) >= 11 is 11.6. The number of halogens is 2. The summed E-state index contributed by atoms with van der Waals surface area (Å²) in [5.41, 5.74) is 1.36. The molecular weight excluding hydrogens is 354 g/mol. The molecule has 0 aliphatic carbocycles. The zero-order chi connectivity index (χ0) is 14.9. The molecule has 1 aromatic carbocycles. The lowest BCUT2D eigenvalue weighted by atomic mass is 9.95. The predicted octanol–water partition coefficient (Wildman–Crippen LogP) is 5.77. The van der Waals surface area contributed by atoms with Gasteiger partial charge in [0, 0.05) is 19.2 Å². The summed E-state index contributed by atoms with van der Waals surface area (Å²) in [4.78, 5) is 2.70.